The number of hydrogen-bond donors (Lipinski definition) is 1. The van der Waals surface area contributed by atoms with E-state index in [1.165, 1.54) is 5.56 Å². The van der Waals surface area contributed by atoms with Crippen LogP contribution in [0.1, 0.15) is 31.4 Å². The lowest BCUT2D eigenvalue weighted by Crippen LogP contribution is -2.49. The monoisotopic (exact) mass is 416 g/mol. The number of hydrogen-bond acceptors (Lipinski definition) is 4. The van der Waals surface area contributed by atoms with Crippen molar-refractivity contribution in [2.45, 2.75) is 39.3 Å². The normalized spacial score (nSPS) is 15.7. The third kappa shape index (κ3) is 4.44. The van der Waals surface area contributed by atoms with Gasteiger partial charge in [0.25, 0.3) is 0 Å². The van der Waals surface area contributed by atoms with Gasteiger partial charge in [0.1, 0.15) is 11.0 Å². The van der Waals surface area contributed by atoms with Gasteiger partial charge in [-0.25, -0.2) is 5.06 Å². The van der Waals surface area contributed by atoms with Gasteiger partial charge in [-0.2, -0.15) is 8.42 Å². The van der Waals surface area contributed by atoms with Crippen molar-refractivity contribution < 1.29 is 18.4 Å². The minimum Gasteiger partial charge on any atom is -0.285 e. The summed E-state index contributed by atoms with van der Waals surface area (Å²) in [5.41, 5.74) is 2.22. The zero-order chi connectivity index (χ0) is 17.9. The summed E-state index contributed by atoms with van der Waals surface area (Å²) in [7, 11) is -2.53. The summed E-state index contributed by atoms with van der Waals surface area (Å²) in [4.78, 5) is 12.8. The first-order valence-corrected chi connectivity index (χ1v) is 9.61. The molecule has 1 heterocycles. The molecule has 1 N–H and O–H groups in total. The van der Waals surface area contributed by atoms with Crippen molar-refractivity contribution in [3.63, 3.8) is 0 Å². The number of fused-ring (bicyclic) bond motifs is 1. The van der Waals surface area contributed by atoms with Gasteiger partial charge in [0.2, 0.25) is 16.7 Å². The molecule has 0 saturated carbocycles. The summed E-state index contributed by atoms with van der Waals surface area (Å²) < 4.78 is 24.7. The Morgan fingerprint density at radius 2 is 2.12 bits per heavy atom. The average Bonchev–Trinajstić information content (AvgIpc) is 2.52. The maximum absolute atomic E-state index is 11.9. The van der Waals surface area contributed by atoms with Crippen LogP contribution in [0.2, 0.25) is 0 Å². The Morgan fingerprint density at radius 1 is 1.42 bits per heavy atom. The van der Waals surface area contributed by atoms with Crippen molar-refractivity contribution in [3.8, 4) is 0 Å². The number of halogens is 1. The molecule has 0 aliphatic carbocycles. The van der Waals surface area contributed by atoms with Gasteiger partial charge in [0.15, 0.2) is 0 Å². The molecule has 24 heavy (non-hydrogen) atoms. The van der Waals surface area contributed by atoms with E-state index >= 15 is 0 Å². The number of hydroxylamine groups is 2. The Kier molecular flexibility index (Phi) is 6.56. The molecular formula is C16H21BrN2O4S. The lowest BCUT2D eigenvalue weighted by atomic mass is 9.98. The predicted octanol–water partition coefficient (Wildman–Crippen LogP) is 2.08. The number of amides is 1. The van der Waals surface area contributed by atoms with E-state index in [1.54, 1.807) is 4.90 Å². The molecule has 0 saturated heterocycles. The third-order valence-corrected chi connectivity index (χ3v) is 5.44. The second kappa shape index (κ2) is 8.24. The lowest BCUT2D eigenvalue weighted by Gasteiger charge is -2.34. The van der Waals surface area contributed by atoms with Gasteiger partial charge >= 0.3 is 0 Å². The SMILES string of the molecule is CC(C)CC(C(N1CCc2ccc(Br)cc2C1)=S(=O)=O)N(O)C=O. The van der Waals surface area contributed by atoms with Crippen molar-refractivity contribution in [1.29, 1.82) is 0 Å². The first-order valence-electron chi connectivity index (χ1n) is 7.74. The fraction of sp³-hybridized carbons (Fsp3) is 0.500. The molecule has 1 aromatic rings. The van der Waals surface area contributed by atoms with Crippen LogP contribution < -0.4 is 0 Å². The first kappa shape index (κ1) is 19.1. The van der Waals surface area contributed by atoms with Crippen LogP contribution in [0.25, 0.3) is 0 Å². The molecule has 0 fully saturated rings. The second-order valence-electron chi connectivity index (χ2n) is 6.29. The van der Waals surface area contributed by atoms with Crippen molar-refractivity contribution in [2.75, 3.05) is 6.54 Å². The molecule has 6 nitrogen and oxygen atoms in total. The summed E-state index contributed by atoms with van der Waals surface area (Å²) in [6.45, 7) is 4.79. The maximum Gasteiger partial charge on any atom is 0.233 e. The molecule has 1 atom stereocenters. The summed E-state index contributed by atoms with van der Waals surface area (Å²) in [6, 6.07) is 5.09. The van der Waals surface area contributed by atoms with Gasteiger partial charge in [0.05, 0.1) is 0 Å². The van der Waals surface area contributed by atoms with E-state index in [-0.39, 0.29) is 17.3 Å². The fourth-order valence-electron chi connectivity index (χ4n) is 2.98. The Morgan fingerprint density at radius 3 is 2.71 bits per heavy atom. The molecule has 132 valence electrons. The highest BCUT2D eigenvalue weighted by Crippen LogP contribution is 2.24. The van der Waals surface area contributed by atoms with E-state index in [4.69, 9.17) is 0 Å². The van der Waals surface area contributed by atoms with Gasteiger partial charge in [-0.1, -0.05) is 35.8 Å². The largest absolute Gasteiger partial charge is 0.285 e. The molecule has 1 aromatic carbocycles. The summed E-state index contributed by atoms with van der Waals surface area (Å²) in [5.74, 6) is 0.120. The van der Waals surface area contributed by atoms with Gasteiger partial charge < -0.3 is 0 Å². The van der Waals surface area contributed by atoms with E-state index < -0.39 is 16.3 Å². The van der Waals surface area contributed by atoms with Gasteiger partial charge in [-0.3, -0.25) is 14.9 Å². The predicted molar refractivity (Wildman–Crippen MR) is 95.1 cm³/mol. The van der Waals surface area contributed by atoms with Gasteiger partial charge in [0, 0.05) is 17.6 Å². The van der Waals surface area contributed by atoms with Crippen LogP contribution in [-0.2, 0) is 28.1 Å². The Bertz CT molecular complexity index is 740. The Balaban J connectivity index is 2.38. The highest BCUT2D eigenvalue weighted by Gasteiger charge is 2.31. The highest BCUT2D eigenvalue weighted by atomic mass is 79.9. The molecule has 1 aliphatic heterocycles. The number of carbonyl (C=O) groups excluding carboxylic acids is 1. The number of nitrogens with zero attached hydrogens (tertiary/aromatic N) is 2. The molecule has 0 radical (unpaired) electrons. The van der Waals surface area contributed by atoms with E-state index in [0.29, 0.717) is 31.0 Å². The fourth-order valence-corrected chi connectivity index (χ4v) is 4.18. The van der Waals surface area contributed by atoms with Crippen LogP contribution >= 0.6 is 15.9 Å². The number of carbonyl (C=O) groups is 1. The van der Waals surface area contributed by atoms with Crippen molar-refractivity contribution >= 4 is 37.6 Å². The number of benzene rings is 1. The van der Waals surface area contributed by atoms with E-state index in [9.17, 15) is 18.4 Å². The molecule has 8 heteroatoms. The standard InChI is InChI=1S/C16H21BrN2O4S/c1-11(2)7-15(19(21)10-20)16(24(22)23)18-6-5-12-3-4-14(17)8-13(12)9-18/h3-4,8,10-11,15,21H,5-7,9H2,1-2H3. The Hall–Kier alpha value is -1.22. The van der Waals surface area contributed by atoms with Crippen molar-refractivity contribution in [3.05, 3.63) is 33.8 Å². The van der Waals surface area contributed by atoms with Gasteiger partial charge in [-0.15, -0.1) is 0 Å². The molecule has 1 aliphatic rings. The smallest absolute Gasteiger partial charge is 0.233 e. The zero-order valence-electron chi connectivity index (χ0n) is 13.6. The lowest BCUT2D eigenvalue weighted by molar-refractivity contribution is -0.155. The second-order valence-corrected chi connectivity index (χ2v) is 8.09. The quantitative estimate of drug-likeness (QED) is 0.344. The molecule has 2 rings (SSSR count). The highest BCUT2D eigenvalue weighted by molar-refractivity contribution is 9.10. The molecule has 0 aromatic heterocycles. The average molecular weight is 417 g/mol. The van der Waals surface area contributed by atoms with Crippen LogP contribution in [0.5, 0.6) is 0 Å². The number of rotatable bonds is 5. The topological polar surface area (TPSA) is 77.9 Å². The van der Waals surface area contributed by atoms with E-state index in [1.807, 2.05) is 32.0 Å². The molecular weight excluding hydrogens is 396 g/mol. The zero-order valence-corrected chi connectivity index (χ0v) is 16.0. The van der Waals surface area contributed by atoms with Crippen LogP contribution in [0, 0.1) is 5.92 Å². The van der Waals surface area contributed by atoms with Crippen LogP contribution in [0.3, 0.4) is 0 Å². The molecule has 0 bridgehead atoms. The Labute approximate surface area is 151 Å². The van der Waals surface area contributed by atoms with Crippen LogP contribution in [-0.4, -0.2) is 47.6 Å². The molecule has 1 amide bonds. The van der Waals surface area contributed by atoms with Crippen molar-refractivity contribution in [2.24, 2.45) is 5.92 Å². The summed E-state index contributed by atoms with van der Waals surface area (Å²) in [6.07, 6.45) is 1.33. The van der Waals surface area contributed by atoms with Crippen LogP contribution in [0.15, 0.2) is 22.7 Å². The maximum atomic E-state index is 11.9. The minimum atomic E-state index is -2.53. The van der Waals surface area contributed by atoms with E-state index in [0.717, 1.165) is 10.0 Å². The molecule has 0 spiro atoms. The third-order valence-electron chi connectivity index (χ3n) is 4.07. The first-order chi connectivity index (χ1) is 11.3. The van der Waals surface area contributed by atoms with Crippen molar-refractivity contribution in [1.82, 2.24) is 9.96 Å². The van der Waals surface area contributed by atoms with Crippen LogP contribution in [0.4, 0.5) is 0 Å². The summed E-state index contributed by atoms with van der Waals surface area (Å²) >= 11 is 3.43. The van der Waals surface area contributed by atoms with Gasteiger partial charge in [-0.05, 0) is 42.0 Å². The van der Waals surface area contributed by atoms with E-state index in [2.05, 4.69) is 15.9 Å². The summed E-state index contributed by atoms with van der Waals surface area (Å²) in [5, 5.41) is 10.4. The molecule has 1 unspecified atom stereocenters. The minimum absolute atomic E-state index is 0.0592.